The van der Waals surface area contributed by atoms with Gasteiger partial charge in [-0.25, -0.2) is 0 Å². The van der Waals surface area contributed by atoms with Gasteiger partial charge in [-0.15, -0.1) is 0 Å². The fourth-order valence-corrected chi connectivity index (χ4v) is 4.54. The lowest BCUT2D eigenvalue weighted by Gasteiger charge is -2.29. The largest absolute Gasteiger partial charge is 0.0885 e. The maximum atomic E-state index is 2.55. The van der Waals surface area contributed by atoms with Crippen LogP contribution >= 0.6 is 0 Å². The first-order chi connectivity index (χ1) is 7.04. The highest BCUT2D eigenvalue weighted by Gasteiger charge is 2.29. The summed E-state index contributed by atoms with van der Waals surface area (Å²) in [5.41, 5.74) is 1.03. The van der Waals surface area contributed by atoms with E-state index in [-0.39, 0.29) is 0 Å². The van der Waals surface area contributed by atoms with Gasteiger partial charge in [0.2, 0.25) is 0 Å². The van der Waals surface area contributed by atoms with Gasteiger partial charge in [-0.2, -0.15) is 0 Å². The molecule has 1 fully saturated rings. The van der Waals surface area contributed by atoms with Crippen molar-refractivity contribution >= 4 is 8.07 Å². The van der Waals surface area contributed by atoms with E-state index in [2.05, 4.69) is 45.1 Å². The SMILES string of the molecule is CC/C=C/C1[CH]CCCC([Si](C)(C)C)C1. The lowest BCUT2D eigenvalue weighted by molar-refractivity contribution is 0.620. The Morgan fingerprint density at radius 3 is 2.67 bits per heavy atom. The smallest absolute Gasteiger partial charge is 0.0474 e. The Hall–Kier alpha value is -0.0431. The normalized spacial score (nSPS) is 29.3. The summed E-state index contributed by atoms with van der Waals surface area (Å²) in [6.07, 6.45) is 14.2. The molecule has 0 spiro atoms. The summed E-state index contributed by atoms with van der Waals surface area (Å²) >= 11 is 0. The molecular weight excluding hydrogens is 196 g/mol. The average Bonchev–Trinajstić information content (AvgIpc) is 2.38. The maximum absolute atomic E-state index is 2.55. The van der Waals surface area contributed by atoms with E-state index in [1.54, 1.807) is 0 Å². The second kappa shape index (κ2) is 5.88. The van der Waals surface area contributed by atoms with Gasteiger partial charge >= 0.3 is 0 Å². The van der Waals surface area contributed by atoms with E-state index in [1.165, 1.54) is 32.1 Å². The molecule has 87 valence electrons. The zero-order valence-electron chi connectivity index (χ0n) is 10.9. The molecular formula is C14H27Si. The topological polar surface area (TPSA) is 0 Å². The first-order valence-electron chi connectivity index (χ1n) is 6.54. The van der Waals surface area contributed by atoms with Gasteiger partial charge in [0, 0.05) is 8.07 Å². The molecule has 1 aliphatic carbocycles. The Balaban J connectivity index is 2.57. The summed E-state index contributed by atoms with van der Waals surface area (Å²) in [6.45, 7) is 9.82. The van der Waals surface area contributed by atoms with Gasteiger partial charge in [-0.3, -0.25) is 0 Å². The molecule has 0 aromatic rings. The van der Waals surface area contributed by atoms with Crippen molar-refractivity contribution in [2.75, 3.05) is 0 Å². The Kier molecular flexibility index (Phi) is 5.11. The molecule has 1 radical (unpaired) electrons. The van der Waals surface area contributed by atoms with E-state index in [0.717, 1.165) is 11.5 Å². The quantitative estimate of drug-likeness (QED) is 0.356. The molecule has 1 rings (SSSR count). The highest BCUT2D eigenvalue weighted by Crippen LogP contribution is 2.38. The molecule has 0 aromatic heterocycles. The number of hydrogen-bond donors (Lipinski definition) is 0. The number of rotatable bonds is 3. The number of allylic oxidation sites excluding steroid dienone is 2. The molecule has 0 amide bonds. The molecule has 0 bridgehead atoms. The van der Waals surface area contributed by atoms with E-state index < -0.39 is 8.07 Å². The van der Waals surface area contributed by atoms with Gasteiger partial charge in [-0.1, -0.05) is 51.6 Å². The molecule has 1 saturated carbocycles. The molecule has 1 aliphatic rings. The van der Waals surface area contributed by atoms with Crippen molar-refractivity contribution in [1.82, 2.24) is 0 Å². The van der Waals surface area contributed by atoms with Crippen LogP contribution in [-0.2, 0) is 0 Å². The highest BCUT2D eigenvalue weighted by molar-refractivity contribution is 6.77. The fourth-order valence-electron chi connectivity index (χ4n) is 2.49. The first kappa shape index (κ1) is 13.0. The second-order valence-corrected chi connectivity index (χ2v) is 11.5. The zero-order valence-corrected chi connectivity index (χ0v) is 11.9. The highest BCUT2D eigenvalue weighted by atomic mass is 28.3. The Morgan fingerprint density at radius 1 is 1.33 bits per heavy atom. The van der Waals surface area contributed by atoms with Crippen LogP contribution in [0.4, 0.5) is 0 Å². The van der Waals surface area contributed by atoms with Crippen molar-refractivity contribution in [3.05, 3.63) is 18.6 Å². The molecule has 2 unspecified atom stereocenters. The van der Waals surface area contributed by atoms with Gasteiger partial charge in [0.25, 0.3) is 0 Å². The molecule has 2 atom stereocenters. The molecule has 15 heavy (non-hydrogen) atoms. The third-order valence-corrected chi connectivity index (χ3v) is 6.60. The van der Waals surface area contributed by atoms with Crippen LogP contribution in [0, 0.1) is 12.3 Å². The second-order valence-electron chi connectivity index (χ2n) is 5.97. The van der Waals surface area contributed by atoms with Crippen LogP contribution in [0.5, 0.6) is 0 Å². The zero-order chi connectivity index (χ0) is 11.3. The molecule has 0 N–H and O–H groups in total. The van der Waals surface area contributed by atoms with Gasteiger partial charge in [-0.05, 0) is 37.1 Å². The Morgan fingerprint density at radius 2 is 2.07 bits per heavy atom. The Bertz CT molecular complexity index is 200. The van der Waals surface area contributed by atoms with Crippen LogP contribution in [0.15, 0.2) is 12.2 Å². The van der Waals surface area contributed by atoms with Crippen LogP contribution < -0.4 is 0 Å². The van der Waals surface area contributed by atoms with Crippen molar-refractivity contribution < 1.29 is 0 Å². The van der Waals surface area contributed by atoms with E-state index >= 15 is 0 Å². The molecule has 0 aromatic carbocycles. The first-order valence-corrected chi connectivity index (χ1v) is 10.1. The van der Waals surface area contributed by atoms with E-state index in [4.69, 9.17) is 0 Å². The van der Waals surface area contributed by atoms with Crippen LogP contribution in [0.1, 0.15) is 39.0 Å². The van der Waals surface area contributed by atoms with E-state index in [9.17, 15) is 0 Å². The summed E-state index contributed by atoms with van der Waals surface area (Å²) in [5.74, 6) is 0.768. The molecule has 0 heterocycles. The minimum Gasteiger partial charge on any atom is -0.0885 e. The van der Waals surface area contributed by atoms with Crippen molar-refractivity contribution in [2.24, 2.45) is 5.92 Å². The Labute approximate surface area is 97.2 Å². The summed E-state index contributed by atoms with van der Waals surface area (Å²) in [5, 5.41) is 0. The third-order valence-electron chi connectivity index (χ3n) is 3.63. The van der Waals surface area contributed by atoms with Crippen LogP contribution in [-0.4, -0.2) is 8.07 Å². The van der Waals surface area contributed by atoms with E-state index in [0.29, 0.717) is 0 Å². The maximum Gasteiger partial charge on any atom is 0.0474 e. The van der Waals surface area contributed by atoms with Gasteiger partial charge in [0.05, 0.1) is 0 Å². The minimum atomic E-state index is -0.924. The summed E-state index contributed by atoms with van der Waals surface area (Å²) < 4.78 is 0. The monoisotopic (exact) mass is 223 g/mol. The predicted octanol–water partition coefficient (Wildman–Crippen LogP) is 5.06. The average molecular weight is 223 g/mol. The summed E-state index contributed by atoms with van der Waals surface area (Å²) in [6, 6.07) is 0. The van der Waals surface area contributed by atoms with Gasteiger partial charge in [0.15, 0.2) is 0 Å². The van der Waals surface area contributed by atoms with Gasteiger partial charge in [0.1, 0.15) is 0 Å². The van der Waals surface area contributed by atoms with Crippen LogP contribution in [0.25, 0.3) is 0 Å². The van der Waals surface area contributed by atoms with Crippen LogP contribution in [0.2, 0.25) is 25.2 Å². The van der Waals surface area contributed by atoms with Gasteiger partial charge < -0.3 is 0 Å². The predicted molar refractivity (Wildman–Crippen MR) is 72.8 cm³/mol. The molecule has 1 heteroatoms. The van der Waals surface area contributed by atoms with Crippen molar-refractivity contribution in [3.63, 3.8) is 0 Å². The van der Waals surface area contributed by atoms with E-state index in [1.807, 2.05) is 0 Å². The molecule has 0 saturated heterocycles. The third kappa shape index (κ3) is 4.54. The lowest BCUT2D eigenvalue weighted by atomic mass is 9.99. The van der Waals surface area contributed by atoms with Crippen molar-refractivity contribution in [3.8, 4) is 0 Å². The van der Waals surface area contributed by atoms with Crippen molar-refractivity contribution in [1.29, 1.82) is 0 Å². The fraction of sp³-hybridized carbons (Fsp3) is 0.786. The molecule has 0 nitrogen and oxygen atoms in total. The lowest BCUT2D eigenvalue weighted by Crippen LogP contribution is -2.28. The van der Waals surface area contributed by atoms with Crippen molar-refractivity contribution in [2.45, 2.75) is 64.2 Å². The standard InChI is InChI=1S/C14H27Si/c1-5-6-9-13-10-7-8-11-14(12-13)15(2,3)4/h6,9-10,13-14H,5,7-8,11-12H2,1-4H3/b9-6+. The number of hydrogen-bond acceptors (Lipinski definition) is 0. The summed E-state index contributed by atoms with van der Waals surface area (Å²) in [7, 11) is -0.924. The summed E-state index contributed by atoms with van der Waals surface area (Å²) in [4.78, 5) is 0. The minimum absolute atomic E-state index is 0.768. The van der Waals surface area contributed by atoms with Crippen LogP contribution in [0.3, 0.4) is 0 Å². The molecule has 0 aliphatic heterocycles.